The van der Waals surface area contributed by atoms with Crippen LogP contribution in [-0.2, 0) is 9.47 Å². The fourth-order valence-electron chi connectivity index (χ4n) is 3.88. The van der Waals surface area contributed by atoms with Crippen LogP contribution in [0.15, 0.2) is 0 Å². The molecule has 3 heteroatoms. The van der Waals surface area contributed by atoms with E-state index in [1.165, 1.54) is 19.3 Å². The third-order valence-electron chi connectivity index (χ3n) is 4.52. The number of rotatable bonds is 3. The van der Waals surface area contributed by atoms with Crippen LogP contribution in [0, 0.1) is 17.8 Å². The molecular weight excluding hydrogens is 192 g/mol. The van der Waals surface area contributed by atoms with Gasteiger partial charge in [0, 0.05) is 18.9 Å². The SMILES string of the molecule is OCCCC1CC2CC1CC21OCCO1. The molecule has 3 rings (SSSR count). The number of fused-ring (bicyclic) bond motifs is 3. The second-order valence-corrected chi connectivity index (χ2v) is 5.27. The minimum Gasteiger partial charge on any atom is -0.396 e. The van der Waals surface area contributed by atoms with Crippen molar-refractivity contribution in [2.75, 3.05) is 19.8 Å². The molecule has 86 valence electrons. The van der Waals surface area contributed by atoms with Crippen LogP contribution in [0.2, 0.25) is 0 Å². The highest BCUT2D eigenvalue weighted by Crippen LogP contribution is 2.57. The summed E-state index contributed by atoms with van der Waals surface area (Å²) < 4.78 is 11.6. The fraction of sp³-hybridized carbons (Fsp3) is 1.00. The predicted octanol–water partition coefficient (Wildman–Crippen LogP) is 1.55. The van der Waals surface area contributed by atoms with Crippen LogP contribution >= 0.6 is 0 Å². The van der Waals surface area contributed by atoms with Gasteiger partial charge in [-0.05, 0) is 37.5 Å². The predicted molar refractivity (Wildman–Crippen MR) is 55.3 cm³/mol. The van der Waals surface area contributed by atoms with E-state index in [4.69, 9.17) is 14.6 Å². The fourth-order valence-corrected chi connectivity index (χ4v) is 3.88. The molecular formula is C12H20O3. The second kappa shape index (κ2) is 3.72. The van der Waals surface area contributed by atoms with E-state index >= 15 is 0 Å². The van der Waals surface area contributed by atoms with Gasteiger partial charge in [0.05, 0.1) is 13.2 Å². The van der Waals surface area contributed by atoms with Gasteiger partial charge < -0.3 is 14.6 Å². The molecule has 0 radical (unpaired) electrons. The molecule has 0 aromatic heterocycles. The van der Waals surface area contributed by atoms with E-state index in [1.807, 2.05) is 0 Å². The molecule has 2 bridgehead atoms. The van der Waals surface area contributed by atoms with Gasteiger partial charge >= 0.3 is 0 Å². The van der Waals surface area contributed by atoms with E-state index < -0.39 is 0 Å². The zero-order chi connectivity index (χ0) is 10.3. The first-order chi connectivity index (χ1) is 7.34. The molecule has 0 aromatic carbocycles. The van der Waals surface area contributed by atoms with Crippen LogP contribution < -0.4 is 0 Å². The van der Waals surface area contributed by atoms with E-state index in [2.05, 4.69) is 0 Å². The molecule has 3 fully saturated rings. The number of aliphatic hydroxyl groups is 1. The first-order valence-corrected chi connectivity index (χ1v) is 6.23. The lowest BCUT2D eigenvalue weighted by Crippen LogP contribution is -2.38. The van der Waals surface area contributed by atoms with Gasteiger partial charge in [0.1, 0.15) is 0 Å². The van der Waals surface area contributed by atoms with Gasteiger partial charge in [-0.2, -0.15) is 0 Å². The maximum Gasteiger partial charge on any atom is 0.171 e. The maximum atomic E-state index is 8.85. The Kier molecular flexibility index (Phi) is 2.49. The van der Waals surface area contributed by atoms with Crippen molar-refractivity contribution in [1.29, 1.82) is 0 Å². The molecule has 2 aliphatic carbocycles. The molecule has 15 heavy (non-hydrogen) atoms. The van der Waals surface area contributed by atoms with E-state index in [0.29, 0.717) is 12.5 Å². The zero-order valence-corrected chi connectivity index (χ0v) is 9.15. The van der Waals surface area contributed by atoms with Gasteiger partial charge in [-0.25, -0.2) is 0 Å². The Labute approximate surface area is 90.8 Å². The van der Waals surface area contributed by atoms with Gasteiger partial charge in [0.2, 0.25) is 0 Å². The van der Waals surface area contributed by atoms with Crippen molar-refractivity contribution < 1.29 is 14.6 Å². The van der Waals surface area contributed by atoms with Crippen molar-refractivity contribution in [1.82, 2.24) is 0 Å². The third kappa shape index (κ3) is 1.52. The number of hydrogen-bond acceptors (Lipinski definition) is 3. The average Bonchev–Trinajstić information content (AvgIpc) is 2.91. The van der Waals surface area contributed by atoms with E-state index in [1.54, 1.807) is 0 Å². The second-order valence-electron chi connectivity index (χ2n) is 5.27. The summed E-state index contributed by atoms with van der Waals surface area (Å²) in [5, 5.41) is 8.85. The van der Waals surface area contributed by atoms with E-state index in [0.717, 1.165) is 37.9 Å². The van der Waals surface area contributed by atoms with Crippen molar-refractivity contribution in [2.45, 2.75) is 37.9 Å². The van der Waals surface area contributed by atoms with Gasteiger partial charge in [-0.15, -0.1) is 0 Å². The van der Waals surface area contributed by atoms with Crippen molar-refractivity contribution in [3.05, 3.63) is 0 Å². The molecule has 3 nitrogen and oxygen atoms in total. The highest BCUT2D eigenvalue weighted by atomic mass is 16.7. The Balaban J connectivity index is 1.62. The zero-order valence-electron chi connectivity index (χ0n) is 9.15. The molecule has 0 amide bonds. The highest BCUT2D eigenvalue weighted by Gasteiger charge is 2.57. The summed E-state index contributed by atoms with van der Waals surface area (Å²) in [6.07, 6.45) is 5.80. The Bertz CT molecular complexity index is 235. The maximum absolute atomic E-state index is 8.85. The van der Waals surface area contributed by atoms with Gasteiger partial charge in [-0.1, -0.05) is 0 Å². The van der Waals surface area contributed by atoms with Gasteiger partial charge in [0.15, 0.2) is 5.79 Å². The summed E-state index contributed by atoms with van der Waals surface area (Å²) in [7, 11) is 0. The first-order valence-electron chi connectivity index (χ1n) is 6.23. The largest absolute Gasteiger partial charge is 0.396 e. The van der Waals surface area contributed by atoms with Gasteiger partial charge in [-0.3, -0.25) is 0 Å². The molecule has 1 saturated heterocycles. The standard InChI is InChI=1S/C12H20O3/c13-3-1-2-9-6-11-7-10(9)8-12(11)14-4-5-15-12/h9-11,13H,1-8H2. The van der Waals surface area contributed by atoms with Gasteiger partial charge in [0.25, 0.3) is 0 Å². The number of hydrogen-bond donors (Lipinski definition) is 1. The van der Waals surface area contributed by atoms with Crippen LogP contribution in [0.3, 0.4) is 0 Å². The molecule has 1 spiro atoms. The van der Waals surface area contributed by atoms with Crippen LogP contribution in [-0.4, -0.2) is 30.7 Å². The summed E-state index contributed by atoms with van der Waals surface area (Å²) in [6.45, 7) is 1.90. The Morgan fingerprint density at radius 2 is 2.00 bits per heavy atom. The summed E-state index contributed by atoms with van der Waals surface area (Å²) >= 11 is 0. The molecule has 1 aliphatic heterocycles. The minimum absolute atomic E-state index is 0.180. The Hall–Kier alpha value is -0.120. The van der Waals surface area contributed by atoms with E-state index in [-0.39, 0.29) is 5.79 Å². The smallest absolute Gasteiger partial charge is 0.171 e. The first kappa shape index (κ1) is 10.1. The lowest BCUT2D eigenvalue weighted by molar-refractivity contribution is -0.195. The van der Waals surface area contributed by atoms with E-state index in [9.17, 15) is 0 Å². The number of aliphatic hydroxyl groups excluding tert-OH is 1. The normalized spacial score (nSPS) is 41.8. The van der Waals surface area contributed by atoms with Crippen LogP contribution in [0.25, 0.3) is 0 Å². The van der Waals surface area contributed by atoms with Crippen LogP contribution in [0.4, 0.5) is 0 Å². The van der Waals surface area contributed by atoms with Crippen LogP contribution in [0.1, 0.15) is 32.1 Å². The molecule has 3 unspecified atom stereocenters. The van der Waals surface area contributed by atoms with Crippen molar-refractivity contribution in [2.24, 2.45) is 17.8 Å². The summed E-state index contributed by atoms with van der Waals surface area (Å²) in [6, 6.07) is 0. The van der Waals surface area contributed by atoms with Crippen molar-refractivity contribution in [3.63, 3.8) is 0 Å². The van der Waals surface area contributed by atoms with Crippen LogP contribution in [0.5, 0.6) is 0 Å². The monoisotopic (exact) mass is 212 g/mol. The lowest BCUT2D eigenvalue weighted by atomic mass is 9.82. The molecule has 2 saturated carbocycles. The molecule has 0 aromatic rings. The quantitative estimate of drug-likeness (QED) is 0.771. The lowest BCUT2D eigenvalue weighted by Gasteiger charge is -2.35. The van der Waals surface area contributed by atoms with Crippen molar-refractivity contribution >= 4 is 0 Å². The Morgan fingerprint density at radius 3 is 2.60 bits per heavy atom. The topological polar surface area (TPSA) is 38.7 Å². The van der Waals surface area contributed by atoms with Crippen molar-refractivity contribution in [3.8, 4) is 0 Å². The molecule has 3 atom stereocenters. The average molecular weight is 212 g/mol. The Morgan fingerprint density at radius 1 is 1.20 bits per heavy atom. The highest BCUT2D eigenvalue weighted by molar-refractivity contribution is 5.02. The summed E-state index contributed by atoms with van der Waals surface area (Å²) in [4.78, 5) is 0. The summed E-state index contributed by atoms with van der Waals surface area (Å²) in [5.41, 5.74) is 0. The number of ether oxygens (including phenoxy) is 2. The molecule has 1 heterocycles. The third-order valence-corrected chi connectivity index (χ3v) is 4.52. The molecule has 1 N–H and O–H groups in total. The summed E-state index contributed by atoms with van der Waals surface area (Å²) in [5.74, 6) is 2.06. The minimum atomic E-state index is -0.180. The molecule has 3 aliphatic rings.